The summed E-state index contributed by atoms with van der Waals surface area (Å²) in [4.78, 5) is 60.5. The Kier molecular flexibility index (Phi) is 11.1. The van der Waals surface area contributed by atoms with Crippen molar-refractivity contribution in [1.29, 1.82) is 0 Å². The van der Waals surface area contributed by atoms with Crippen molar-refractivity contribution in [3.8, 4) is 5.75 Å². The summed E-state index contributed by atoms with van der Waals surface area (Å²) in [6.07, 6.45) is -3.59. The molecule has 1 aromatic carbocycles. The van der Waals surface area contributed by atoms with Gasteiger partial charge in [0.25, 0.3) is 0 Å². The van der Waals surface area contributed by atoms with Crippen LogP contribution in [0.3, 0.4) is 0 Å². The van der Waals surface area contributed by atoms with Gasteiger partial charge in [-0.2, -0.15) is 0 Å². The number of phenolic OH excluding ortho intramolecular Hbond substituents is 1. The van der Waals surface area contributed by atoms with Crippen LogP contribution in [0.1, 0.15) is 25.8 Å². The van der Waals surface area contributed by atoms with Gasteiger partial charge in [-0.1, -0.05) is 12.1 Å². The highest BCUT2D eigenvalue weighted by Gasteiger charge is 2.33. The standard InChI is InChI=1S/C21H31N5O9/c1-9(27)16(23)19(32)26-17(10(2)28)20(33)24-13(7-11-3-5-12(29)6-4-11)18(31)25-14(21(34)35)8-15(22)30/h3-6,9-10,13-14,16-17,27-29H,7-8,23H2,1-2H3,(H2,22,30)(H,24,33)(H,25,31)(H,26,32)(H,34,35). The molecule has 14 heteroatoms. The van der Waals surface area contributed by atoms with Gasteiger partial charge in [-0.15, -0.1) is 0 Å². The summed E-state index contributed by atoms with van der Waals surface area (Å²) in [5.41, 5.74) is 11.0. The minimum atomic E-state index is -1.67. The highest BCUT2D eigenvalue weighted by atomic mass is 16.4. The zero-order chi connectivity index (χ0) is 26.9. The molecule has 14 nitrogen and oxygen atoms in total. The molecule has 0 aliphatic heterocycles. The molecule has 6 atom stereocenters. The number of carbonyl (C=O) groups is 5. The van der Waals surface area contributed by atoms with Crippen LogP contribution in [0.25, 0.3) is 0 Å². The maximum Gasteiger partial charge on any atom is 0.326 e. The zero-order valence-corrected chi connectivity index (χ0v) is 19.2. The molecule has 35 heavy (non-hydrogen) atoms. The number of hydrogen-bond acceptors (Lipinski definition) is 9. The molecular weight excluding hydrogens is 466 g/mol. The average molecular weight is 498 g/mol. The lowest BCUT2D eigenvalue weighted by Crippen LogP contribution is -2.61. The summed E-state index contributed by atoms with van der Waals surface area (Å²) in [5.74, 6) is -5.51. The number of phenols is 1. The van der Waals surface area contributed by atoms with E-state index in [4.69, 9.17) is 11.5 Å². The lowest BCUT2D eigenvalue weighted by atomic mass is 10.0. The maximum absolute atomic E-state index is 12.9. The Hall–Kier alpha value is -3.75. The largest absolute Gasteiger partial charge is 0.508 e. The van der Waals surface area contributed by atoms with Crippen LogP contribution in [0.15, 0.2) is 24.3 Å². The first kappa shape index (κ1) is 29.3. The molecular formula is C21H31N5O9. The summed E-state index contributed by atoms with van der Waals surface area (Å²) in [6.45, 7) is 2.45. The number of carbonyl (C=O) groups excluding carboxylic acids is 4. The van der Waals surface area contributed by atoms with E-state index in [-0.39, 0.29) is 12.2 Å². The van der Waals surface area contributed by atoms with Gasteiger partial charge in [-0.3, -0.25) is 19.2 Å². The predicted octanol–water partition coefficient (Wildman–Crippen LogP) is -3.56. The highest BCUT2D eigenvalue weighted by molar-refractivity contribution is 5.95. The first-order valence-electron chi connectivity index (χ1n) is 10.5. The van der Waals surface area contributed by atoms with Gasteiger partial charge in [0.1, 0.15) is 29.9 Å². The average Bonchev–Trinajstić information content (AvgIpc) is 2.76. The van der Waals surface area contributed by atoms with E-state index in [2.05, 4.69) is 16.0 Å². The number of nitrogens with one attached hydrogen (secondary N) is 3. The van der Waals surface area contributed by atoms with Crippen molar-refractivity contribution in [1.82, 2.24) is 16.0 Å². The van der Waals surface area contributed by atoms with Gasteiger partial charge in [0.2, 0.25) is 23.6 Å². The molecule has 1 aromatic rings. The van der Waals surface area contributed by atoms with Crippen LogP contribution in [0, 0.1) is 0 Å². The molecule has 6 unspecified atom stereocenters. The fraction of sp³-hybridized carbons (Fsp3) is 0.476. The van der Waals surface area contributed by atoms with Crippen molar-refractivity contribution in [2.24, 2.45) is 11.5 Å². The smallest absolute Gasteiger partial charge is 0.326 e. The highest BCUT2D eigenvalue weighted by Crippen LogP contribution is 2.12. The number of primary amides is 1. The van der Waals surface area contributed by atoms with Crippen LogP contribution >= 0.6 is 0 Å². The van der Waals surface area contributed by atoms with Gasteiger partial charge in [-0.25, -0.2) is 4.79 Å². The number of rotatable bonds is 13. The molecule has 0 aliphatic rings. The second-order valence-corrected chi connectivity index (χ2v) is 7.99. The molecule has 0 saturated heterocycles. The zero-order valence-electron chi connectivity index (χ0n) is 19.2. The monoisotopic (exact) mass is 497 g/mol. The first-order chi connectivity index (χ1) is 16.2. The molecule has 0 aromatic heterocycles. The maximum atomic E-state index is 12.9. The molecule has 194 valence electrons. The van der Waals surface area contributed by atoms with Crippen LogP contribution in [0.4, 0.5) is 0 Å². The van der Waals surface area contributed by atoms with Gasteiger partial charge in [-0.05, 0) is 31.5 Å². The number of aliphatic carboxylic acids is 1. The van der Waals surface area contributed by atoms with Crippen LogP contribution < -0.4 is 27.4 Å². The first-order valence-corrected chi connectivity index (χ1v) is 10.5. The Morgan fingerprint density at radius 1 is 0.857 bits per heavy atom. The number of benzene rings is 1. The number of hydrogen-bond donors (Lipinski definition) is 9. The van der Waals surface area contributed by atoms with Crippen LogP contribution in [-0.4, -0.2) is 86.4 Å². The third-order valence-corrected chi connectivity index (χ3v) is 4.91. The number of aliphatic hydroxyl groups excluding tert-OH is 2. The fourth-order valence-corrected chi connectivity index (χ4v) is 2.89. The van der Waals surface area contributed by atoms with Crippen molar-refractivity contribution >= 4 is 29.6 Å². The number of nitrogens with two attached hydrogens (primary N) is 2. The van der Waals surface area contributed by atoms with E-state index in [1.54, 1.807) is 0 Å². The van der Waals surface area contributed by atoms with Crippen LogP contribution in [-0.2, 0) is 30.4 Å². The van der Waals surface area contributed by atoms with Crippen molar-refractivity contribution < 1.29 is 44.4 Å². The topological polar surface area (TPSA) is 254 Å². The molecule has 0 bridgehead atoms. The quantitative estimate of drug-likeness (QED) is 0.130. The van der Waals surface area contributed by atoms with Gasteiger partial charge >= 0.3 is 5.97 Å². The van der Waals surface area contributed by atoms with E-state index >= 15 is 0 Å². The van der Waals surface area contributed by atoms with Gasteiger partial charge in [0, 0.05) is 6.42 Å². The Bertz CT molecular complexity index is 920. The number of carboxylic acids is 1. The Morgan fingerprint density at radius 2 is 1.40 bits per heavy atom. The summed E-state index contributed by atoms with van der Waals surface area (Å²) in [6, 6.07) is -0.509. The normalized spacial score (nSPS) is 16.0. The summed E-state index contributed by atoms with van der Waals surface area (Å²) in [7, 11) is 0. The van der Waals surface area contributed by atoms with E-state index in [0.29, 0.717) is 5.56 Å². The molecule has 0 heterocycles. The number of amides is 4. The van der Waals surface area contributed by atoms with Crippen LogP contribution in [0.5, 0.6) is 5.75 Å². The second kappa shape index (κ2) is 13.2. The SMILES string of the molecule is CC(O)C(N)C(=O)NC(C(=O)NC(Cc1ccc(O)cc1)C(=O)NC(CC(N)=O)C(=O)O)C(C)O. The summed E-state index contributed by atoms with van der Waals surface area (Å²) < 4.78 is 0. The van der Waals surface area contributed by atoms with E-state index in [0.717, 1.165) is 0 Å². The molecule has 0 aliphatic carbocycles. The van der Waals surface area contributed by atoms with Crippen molar-refractivity contribution in [2.75, 3.05) is 0 Å². The number of carboxylic acid groups (broad SMARTS) is 1. The van der Waals surface area contributed by atoms with Gasteiger partial charge < -0.3 is 47.8 Å². The van der Waals surface area contributed by atoms with Crippen molar-refractivity contribution in [3.63, 3.8) is 0 Å². The van der Waals surface area contributed by atoms with Crippen molar-refractivity contribution in [3.05, 3.63) is 29.8 Å². The van der Waals surface area contributed by atoms with Gasteiger partial charge in [0.15, 0.2) is 0 Å². The lowest BCUT2D eigenvalue weighted by molar-refractivity contribution is -0.144. The molecule has 0 saturated carbocycles. The number of aliphatic hydroxyl groups is 2. The lowest BCUT2D eigenvalue weighted by Gasteiger charge is -2.27. The Morgan fingerprint density at radius 3 is 1.86 bits per heavy atom. The van der Waals surface area contributed by atoms with E-state index < -0.39 is 72.4 Å². The molecule has 1 rings (SSSR count). The third-order valence-electron chi connectivity index (χ3n) is 4.91. The summed E-state index contributed by atoms with van der Waals surface area (Å²) in [5, 5.41) is 44.8. The molecule has 0 spiro atoms. The second-order valence-electron chi connectivity index (χ2n) is 7.99. The van der Waals surface area contributed by atoms with E-state index in [1.165, 1.54) is 38.1 Å². The number of aromatic hydroxyl groups is 1. The molecule has 4 amide bonds. The minimum Gasteiger partial charge on any atom is -0.508 e. The molecule has 0 radical (unpaired) electrons. The fourth-order valence-electron chi connectivity index (χ4n) is 2.89. The van der Waals surface area contributed by atoms with E-state index in [9.17, 15) is 44.4 Å². The van der Waals surface area contributed by atoms with Crippen molar-refractivity contribution in [2.45, 2.75) is 63.1 Å². The minimum absolute atomic E-state index is 0.0579. The molecule has 0 fully saturated rings. The Balaban J connectivity index is 3.16. The van der Waals surface area contributed by atoms with Gasteiger partial charge in [0.05, 0.1) is 18.6 Å². The third kappa shape index (κ3) is 9.56. The molecule has 11 N–H and O–H groups in total. The predicted molar refractivity (Wildman–Crippen MR) is 120 cm³/mol. The van der Waals surface area contributed by atoms with Crippen LogP contribution in [0.2, 0.25) is 0 Å². The van der Waals surface area contributed by atoms with E-state index in [1.807, 2.05) is 0 Å². The Labute approximate surface area is 200 Å². The summed E-state index contributed by atoms with van der Waals surface area (Å²) >= 11 is 0.